The molecule has 0 saturated heterocycles. The van der Waals surface area contributed by atoms with Gasteiger partial charge in [-0.15, -0.1) is 0 Å². The first-order chi connectivity index (χ1) is 9.85. The quantitative estimate of drug-likeness (QED) is 0.786. The highest BCUT2D eigenvalue weighted by Crippen LogP contribution is 2.15. The highest BCUT2D eigenvalue weighted by Gasteiger charge is 2.02. The van der Waals surface area contributed by atoms with Crippen LogP contribution in [-0.4, -0.2) is 9.78 Å². The van der Waals surface area contributed by atoms with E-state index in [9.17, 15) is 0 Å². The lowest BCUT2D eigenvalue weighted by Crippen LogP contribution is -2.00. The van der Waals surface area contributed by atoms with E-state index in [1.54, 1.807) is 23.0 Å². The minimum atomic E-state index is 0.326. The molecule has 98 valence electrons. The van der Waals surface area contributed by atoms with Gasteiger partial charge in [0, 0.05) is 18.1 Å². The summed E-state index contributed by atoms with van der Waals surface area (Å²) in [5.74, 6) is 1.05. The van der Waals surface area contributed by atoms with E-state index in [1.165, 1.54) is 0 Å². The Morgan fingerprint density at radius 2 is 2.20 bits per heavy atom. The van der Waals surface area contributed by atoms with Crippen molar-refractivity contribution in [2.75, 3.05) is 5.32 Å². The molecule has 3 rings (SSSR count). The molecule has 2 aromatic heterocycles. The lowest BCUT2D eigenvalue weighted by atomic mass is 10.2. The van der Waals surface area contributed by atoms with Gasteiger partial charge >= 0.3 is 0 Å². The molecular formula is C15H12N4O. The molecule has 1 aromatic carbocycles. The van der Waals surface area contributed by atoms with Gasteiger partial charge in [-0.25, -0.2) is 4.68 Å². The number of nitrogens with one attached hydrogen (secondary N) is 1. The highest BCUT2D eigenvalue weighted by atomic mass is 16.3. The summed E-state index contributed by atoms with van der Waals surface area (Å²) in [4.78, 5) is 0. The smallest absolute Gasteiger partial charge is 0.203 e. The number of furan rings is 1. The zero-order chi connectivity index (χ0) is 13.8. The summed E-state index contributed by atoms with van der Waals surface area (Å²) in [6, 6.07) is 15.2. The van der Waals surface area contributed by atoms with Crippen molar-refractivity contribution < 1.29 is 4.42 Å². The van der Waals surface area contributed by atoms with E-state index >= 15 is 0 Å². The van der Waals surface area contributed by atoms with Crippen molar-refractivity contribution in [2.24, 2.45) is 0 Å². The van der Waals surface area contributed by atoms with Crippen LogP contribution in [0.5, 0.6) is 0 Å². The Morgan fingerprint density at radius 3 is 2.95 bits per heavy atom. The van der Waals surface area contributed by atoms with E-state index in [1.807, 2.05) is 42.6 Å². The van der Waals surface area contributed by atoms with Crippen LogP contribution >= 0.6 is 0 Å². The average molecular weight is 264 g/mol. The van der Waals surface area contributed by atoms with Crippen LogP contribution in [0.15, 0.2) is 59.3 Å². The number of nitrogens with zero attached hydrogens (tertiary/aromatic N) is 3. The predicted molar refractivity (Wildman–Crippen MR) is 74.3 cm³/mol. The number of nitriles is 1. The van der Waals surface area contributed by atoms with Crippen LogP contribution in [0.2, 0.25) is 0 Å². The Morgan fingerprint density at radius 1 is 1.25 bits per heavy atom. The normalized spacial score (nSPS) is 10.2. The van der Waals surface area contributed by atoms with Gasteiger partial charge in [0.25, 0.3) is 0 Å². The topological polar surface area (TPSA) is 66.8 Å². The summed E-state index contributed by atoms with van der Waals surface area (Å²) in [6.07, 6.45) is 3.64. The van der Waals surface area contributed by atoms with Crippen molar-refractivity contribution in [2.45, 2.75) is 6.54 Å². The summed E-state index contributed by atoms with van der Waals surface area (Å²) >= 11 is 0. The van der Waals surface area contributed by atoms with E-state index in [2.05, 4.69) is 10.4 Å². The molecule has 0 amide bonds. The van der Waals surface area contributed by atoms with Crippen molar-refractivity contribution in [1.29, 1.82) is 5.26 Å². The van der Waals surface area contributed by atoms with Crippen LogP contribution in [0.4, 0.5) is 5.69 Å². The van der Waals surface area contributed by atoms with Crippen molar-refractivity contribution in [1.82, 2.24) is 9.78 Å². The molecule has 3 aromatic rings. The summed E-state index contributed by atoms with van der Waals surface area (Å²) < 4.78 is 7.11. The molecule has 0 fully saturated rings. The van der Waals surface area contributed by atoms with Crippen LogP contribution in [0, 0.1) is 11.3 Å². The van der Waals surface area contributed by atoms with Gasteiger partial charge in [0.05, 0.1) is 12.2 Å². The van der Waals surface area contributed by atoms with Gasteiger partial charge in [0.1, 0.15) is 11.8 Å². The second kappa shape index (κ2) is 5.33. The average Bonchev–Trinajstić information content (AvgIpc) is 3.17. The number of benzene rings is 1. The largest absolute Gasteiger partial charge is 0.449 e. The molecule has 0 aliphatic rings. The van der Waals surface area contributed by atoms with Crippen LogP contribution in [-0.2, 0) is 6.54 Å². The van der Waals surface area contributed by atoms with Gasteiger partial charge in [0.2, 0.25) is 5.76 Å². The van der Waals surface area contributed by atoms with Crippen molar-refractivity contribution in [3.8, 4) is 11.8 Å². The fourth-order valence-electron chi connectivity index (χ4n) is 1.90. The third-order valence-electron chi connectivity index (χ3n) is 2.85. The lowest BCUT2D eigenvalue weighted by molar-refractivity contribution is 0.506. The van der Waals surface area contributed by atoms with Gasteiger partial charge < -0.3 is 9.73 Å². The fourth-order valence-corrected chi connectivity index (χ4v) is 1.90. The third-order valence-corrected chi connectivity index (χ3v) is 2.85. The number of anilines is 1. The summed E-state index contributed by atoms with van der Waals surface area (Å²) in [6.45, 7) is 0.532. The van der Waals surface area contributed by atoms with Crippen LogP contribution in [0.3, 0.4) is 0 Å². The third kappa shape index (κ3) is 2.54. The van der Waals surface area contributed by atoms with E-state index in [0.717, 1.165) is 17.1 Å². The number of hydrogen-bond donors (Lipinski definition) is 1. The molecule has 0 aliphatic heterocycles. The Labute approximate surface area is 116 Å². The highest BCUT2D eigenvalue weighted by molar-refractivity contribution is 5.50. The second-order valence-corrected chi connectivity index (χ2v) is 4.23. The Hall–Kier alpha value is -3.00. The van der Waals surface area contributed by atoms with Crippen LogP contribution in [0.25, 0.3) is 5.69 Å². The van der Waals surface area contributed by atoms with Crippen molar-refractivity contribution in [3.05, 3.63) is 66.4 Å². The van der Waals surface area contributed by atoms with Gasteiger partial charge in [-0.1, -0.05) is 6.07 Å². The van der Waals surface area contributed by atoms with Gasteiger partial charge in [-0.05, 0) is 36.4 Å². The maximum Gasteiger partial charge on any atom is 0.203 e. The molecule has 20 heavy (non-hydrogen) atoms. The van der Waals surface area contributed by atoms with Gasteiger partial charge in [0.15, 0.2) is 0 Å². The van der Waals surface area contributed by atoms with Gasteiger partial charge in [-0.2, -0.15) is 10.4 Å². The van der Waals surface area contributed by atoms with Gasteiger partial charge in [-0.3, -0.25) is 0 Å². The maximum absolute atomic E-state index is 8.70. The Kier molecular flexibility index (Phi) is 3.21. The minimum Gasteiger partial charge on any atom is -0.449 e. The van der Waals surface area contributed by atoms with Crippen molar-refractivity contribution in [3.63, 3.8) is 0 Å². The molecule has 0 bridgehead atoms. The molecule has 0 aliphatic carbocycles. The summed E-state index contributed by atoms with van der Waals surface area (Å²) in [5.41, 5.74) is 1.95. The molecule has 5 nitrogen and oxygen atoms in total. The Balaban J connectivity index is 1.72. The van der Waals surface area contributed by atoms with Crippen LogP contribution in [0.1, 0.15) is 11.5 Å². The standard InChI is InChI=1S/C15H12N4O/c16-10-14-5-6-15(20-14)11-17-12-3-1-4-13(9-12)19-8-2-7-18-19/h1-9,17H,11H2. The molecule has 0 unspecified atom stereocenters. The molecule has 0 atom stereocenters. The number of aromatic nitrogens is 2. The molecular weight excluding hydrogens is 252 g/mol. The molecule has 0 radical (unpaired) electrons. The maximum atomic E-state index is 8.70. The second-order valence-electron chi connectivity index (χ2n) is 4.23. The zero-order valence-electron chi connectivity index (χ0n) is 10.7. The van der Waals surface area contributed by atoms with E-state index in [0.29, 0.717) is 12.3 Å². The summed E-state index contributed by atoms with van der Waals surface area (Å²) in [5, 5.41) is 16.2. The molecule has 2 heterocycles. The van der Waals surface area contributed by atoms with E-state index in [4.69, 9.17) is 9.68 Å². The van der Waals surface area contributed by atoms with E-state index in [-0.39, 0.29) is 0 Å². The molecule has 0 saturated carbocycles. The predicted octanol–water partition coefficient (Wildman–Crippen LogP) is 2.95. The first-order valence-corrected chi connectivity index (χ1v) is 6.18. The fraction of sp³-hybridized carbons (Fsp3) is 0.0667. The lowest BCUT2D eigenvalue weighted by Gasteiger charge is -2.07. The van der Waals surface area contributed by atoms with E-state index < -0.39 is 0 Å². The zero-order valence-corrected chi connectivity index (χ0v) is 10.7. The molecule has 1 N–H and O–H groups in total. The first-order valence-electron chi connectivity index (χ1n) is 6.18. The number of rotatable bonds is 4. The summed E-state index contributed by atoms with van der Waals surface area (Å²) in [7, 11) is 0. The van der Waals surface area contributed by atoms with Crippen LogP contribution < -0.4 is 5.32 Å². The molecule has 0 spiro atoms. The number of hydrogen-bond acceptors (Lipinski definition) is 4. The monoisotopic (exact) mass is 264 g/mol. The molecule has 5 heteroatoms. The Bertz CT molecular complexity index is 737. The van der Waals surface area contributed by atoms with Crippen molar-refractivity contribution >= 4 is 5.69 Å². The SMILES string of the molecule is N#Cc1ccc(CNc2cccc(-n3cccn3)c2)o1. The minimum absolute atomic E-state index is 0.326. The first kappa shape index (κ1) is 12.1.